The zero-order valence-corrected chi connectivity index (χ0v) is 21.4. The fraction of sp³-hybridized carbons (Fsp3) is 0.423. The van der Waals surface area contributed by atoms with Gasteiger partial charge >= 0.3 is 0 Å². The van der Waals surface area contributed by atoms with E-state index in [0.717, 1.165) is 17.6 Å². The average molecular weight is 531 g/mol. The molecule has 1 aliphatic carbocycles. The Morgan fingerprint density at radius 3 is 2.37 bits per heavy atom. The summed E-state index contributed by atoms with van der Waals surface area (Å²) in [6, 6.07) is 13.5. The van der Waals surface area contributed by atoms with Crippen LogP contribution in [0.3, 0.4) is 0 Å². The molecule has 158 valence electrons. The van der Waals surface area contributed by atoms with E-state index in [1.165, 1.54) is 64.8 Å². The molecule has 0 N–H and O–H groups in total. The number of fused-ring (bicyclic) bond motifs is 2. The number of benzene rings is 2. The fourth-order valence-electron chi connectivity index (χ4n) is 5.33. The van der Waals surface area contributed by atoms with Crippen molar-refractivity contribution in [3.63, 3.8) is 0 Å². The van der Waals surface area contributed by atoms with Gasteiger partial charge in [0.15, 0.2) is 5.71 Å². The van der Waals surface area contributed by atoms with E-state index in [0.29, 0.717) is 0 Å². The third kappa shape index (κ3) is 3.82. The third-order valence-electron chi connectivity index (χ3n) is 6.93. The first kappa shape index (κ1) is 21.8. The number of hydrogen-bond donors (Lipinski definition) is 0. The molecule has 0 amide bonds. The van der Waals surface area contributed by atoms with E-state index in [2.05, 4.69) is 111 Å². The van der Waals surface area contributed by atoms with Crippen LogP contribution < -0.4 is 4.90 Å². The Hall–Kier alpha value is -1.39. The second-order valence-corrected chi connectivity index (χ2v) is 10.2. The summed E-state index contributed by atoms with van der Waals surface area (Å²) >= 11 is 7.53. The first-order valence-corrected chi connectivity index (χ1v) is 12.7. The summed E-state index contributed by atoms with van der Waals surface area (Å²) in [6.45, 7) is 6.46. The van der Waals surface area contributed by atoms with Gasteiger partial charge in [-0.05, 0) is 62.6 Å². The summed E-state index contributed by atoms with van der Waals surface area (Å²) in [4.78, 5) is 2.38. The van der Waals surface area contributed by atoms with Crippen LogP contribution >= 0.6 is 31.9 Å². The quantitative estimate of drug-likeness (QED) is 0.359. The SMILES string of the molecule is CCN(CC)c1ccc(/C=C/C2=[N+](C)c3ccc(Br)cc3C23CCCCC3)c(Br)c1. The van der Waals surface area contributed by atoms with Crippen molar-refractivity contribution >= 4 is 55.0 Å². The maximum Gasteiger partial charge on any atom is 0.209 e. The molecule has 0 saturated heterocycles. The normalized spacial score (nSPS) is 17.8. The highest BCUT2D eigenvalue weighted by Crippen LogP contribution is 2.49. The van der Waals surface area contributed by atoms with Gasteiger partial charge in [-0.1, -0.05) is 57.2 Å². The van der Waals surface area contributed by atoms with Crippen molar-refractivity contribution in [3.05, 3.63) is 62.5 Å². The van der Waals surface area contributed by atoms with E-state index in [9.17, 15) is 0 Å². The van der Waals surface area contributed by atoms with Crippen LogP contribution in [-0.4, -0.2) is 30.4 Å². The first-order chi connectivity index (χ1) is 14.5. The van der Waals surface area contributed by atoms with Crippen molar-refractivity contribution < 1.29 is 4.58 Å². The molecule has 0 atom stereocenters. The van der Waals surface area contributed by atoms with Crippen LogP contribution in [0.1, 0.15) is 57.1 Å². The summed E-state index contributed by atoms with van der Waals surface area (Å²) in [5.41, 5.74) is 6.95. The molecule has 4 heteroatoms. The minimum absolute atomic E-state index is 0.149. The van der Waals surface area contributed by atoms with E-state index in [-0.39, 0.29) is 5.41 Å². The highest BCUT2D eigenvalue weighted by atomic mass is 79.9. The average Bonchev–Trinajstić information content (AvgIpc) is 2.96. The minimum Gasteiger partial charge on any atom is -0.372 e. The molecule has 2 aliphatic rings. The molecule has 1 heterocycles. The van der Waals surface area contributed by atoms with Crippen LogP contribution in [0.25, 0.3) is 6.08 Å². The molecule has 2 aromatic carbocycles. The number of hydrogen-bond acceptors (Lipinski definition) is 1. The van der Waals surface area contributed by atoms with Crippen LogP contribution in [-0.2, 0) is 5.41 Å². The molecule has 30 heavy (non-hydrogen) atoms. The predicted octanol–water partition coefficient (Wildman–Crippen LogP) is 7.70. The topological polar surface area (TPSA) is 6.25 Å². The lowest BCUT2D eigenvalue weighted by molar-refractivity contribution is -0.401. The van der Waals surface area contributed by atoms with Crippen LogP contribution in [0.2, 0.25) is 0 Å². The molecule has 2 aromatic rings. The summed E-state index contributed by atoms with van der Waals surface area (Å²) < 4.78 is 4.75. The van der Waals surface area contributed by atoms with E-state index < -0.39 is 0 Å². The summed E-state index contributed by atoms with van der Waals surface area (Å²) in [5, 5.41) is 0. The van der Waals surface area contributed by atoms with Crippen LogP contribution in [0.4, 0.5) is 11.4 Å². The number of nitrogens with zero attached hydrogens (tertiary/aromatic N) is 2. The zero-order chi connectivity index (χ0) is 21.3. The van der Waals surface area contributed by atoms with E-state index in [1.807, 2.05) is 0 Å². The summed E-state index contributed by atoms with van der Waals surface area (Å²) in [7, 11) is 2.23. The van der Waals surface area contributed by atoms with Gasteiger partial charge in [0.25, 0.3) is 0 Å². The van der Waals surface area contributed by atoms with E-state index in [1.54, 1.807) is 0 Å². The van der Waals surface area contributed by atoms with Gasteiger partial charge in [0, 0.05) is 45.4 Å². The standard InChI is InChI=1S/C26H31Br2N2/c1-4-30(5-2)21-12-9-19(23(28)18-21)10-14-25-26(15-7-6-8-16-26)22-17-20(27)11-13-24(22)29(25)3/h9-14,17-18H,4-8,15-16H2,1-3H3/q+1. The van der Waals surface area contributed by atoms with Crippen LogP contribution in [0, 0.1) is 0 Å². The minimum atomic E-state index is 0.149. The Labute approximate surface area is 197 Å². The lowest BCUT2D eigenvalue weighted by Gasteiger charge is -2.31. The van der Waals surface area contributed by atoms with Crippen molar-refractivity contribution in [2.24, 2.45) is 0 Å². The van der Waals surface area contributed by atoms with Gasteiger partial charge in [0.2, 0.25) is 5.69 Å². The lowest BCUT2D eigenvalue weighted by Crippen LogP contribution is -2.36. The number of allylic oxidation sites excluding steroid dienone is 1. The van der Waals surface area contributed by atoms with Crippen LogP contribution in [0.15, 0.2) is 51.4 Å². The first-order valence-electron chi connectivity index (χ1n) is 11.1. The smallest absolute Gasteiger partial charge is 0.209 e. The third-order valence-corrected chi connectivity index (χ3v) is 8.11. The number of halogens is 2. The Bertz CT molecular complexity index is 996. The molecule has 1 spiro atoms. The van der Waals surface area contributed by atoms with Crippen molar-refractivity contribution in [2.45, 2.75) is 51.4 Å². The van der Waals surface area contributed by atoms with Crippen molar-refractivity contribution in [1.82, 2.24) is 0 Å². The molecule has 4 rings (SSSR count). The molecule has 0 aromatic heterocycles. The molecule has 2 nitrogen and oxygen atoms in total. The second kappa shape index (κ2) is 9.00. The second-order valence-electron chi connectivity index (χ2n) is 8.46. The van der Waals surface area contributed by atoms with Gasteiger partial charge in [0.05, 0.1) is 5.41 Å². The maximum atomic E-state index is 3.82. The summed E-state index contributed by atoms with van der Waals surface area (Å²) in [5.74, 6) is 0. The van der Waals surface area contributed by atoms with Gasteiger partial charge in [-0.25, -0.2) is 0 Å². The van der Waals surface area contributed by atoms with Crippen molar-refractivity contribution in [1.29, 1.82) is 0 Å². The molecule has 0 bridgehead atoms. The van der Waals surface area contributed by atoms with E-state index in [4.69, 9.17) is 0 Å². The molecular weight excluding hydrogens is 500 g/mol. The zero-order valence-electron chi connectivity index (χ0n) is 18.2. The molecule has 1 saturated carbocycles. The van der Waals surface area contributed by atoms with Crippen LogP contribution in [0.5, 0.6) is 0 Å². The Kier molecular flexibility index (Phi) is 6.55. The molecule has 1 fully saturated rings. The van der Waals surface area contributed by atoms with E-state index >= 15 is 0 Å². The Morgan fingerprint density at radius 2 is 1.70 bits per heavy atom. The molecule has 0 radical (unpaired) electrons. The Balaban J connectivity index is 1.71. The number of rotatable bonds is 5. The molecular formula is C26H31Br2N2+. The van der Waals surface area contributed by atoms with Crippen molar-refractivity contribution in [3.8, 4) is 0 Å². The highest BCUT2D eigenvalue weighted by Gasteiger charge is 2.50. The Morgan fingerprint density at radius 1 is 0.967 bits per heavy atom. The van der Waals surface area contributed by atoms with Gasteiger partial charge < -0.3 is 4.90 Å². The molecule has 0 unspecified atom stereocenters. The van der Waals surface area contributed by atoms with Crippen molar-refractivity contribution in [2.75, 3.05) is 25.0 Å². The maximum absolute atomic E-state index is 3.82. The van der Waals surface area contributed by atoms with Gasteiger partial charge in [-0.2, -0.15) is 4.58 Å². The lowest BCUT2D eigenvalue weighted by atomic mass is 9.67. The van der Waals surface area contributed by atoms with Gasteiger partial charge in [0.1, 0.15) is 7.05 Å². The number of anilines is 1. The summed E-state index contributed by atoms with van der Waals surface area (Å²) in [6.07, 6.45) is 11.1. The van der Waals surface area contributed by atoms with Gasteiger partial charge in [-0.15, -0.1) is 0 Å². The van der Waals surface area contributed by atoms with Gasteiger partial charge in [-0.3, -0.25) is 0 Å². The fourth-order valence-corrected chi connectivity index (χ4v) is 6.19. The molecule has 1 aliphatic heterocycles. The monoisotopic (exact) mass is 529 g/mol. The highest BCUT2D eigenvalue weighted by molar-refractivity contribution is 9.10. The predicted molar refractivity (Wildman–Crippen MR) is 136 cm³/mol. The largest absolute Gasteiger partial charge is 0.372 e.